The van der Waals surface area contributed by atoms with Crippen LogP contribution in [-0.4, -0.2) is 37.7 Å². The minimum atomic E-state index is -0.833. The maximum absolute atomic E-state index is 11.9. The van der Waals surface area contributed by atoms with Crippen molar-refractivity contribution in [2.24, 2.45) is 0 Å². The Morgan fingerprint density at radius 1 is 1.30 bits per heavy atom. The smallest absolute Gasteiger partial charge is 0.344 e. The number of amides is 1. The molecule has 0 saturated heterocycles. The molecule has 1 N–H and O–H groups in total. The fourth-order valence-electron chi connectivity index (χ4n) is 3.00. The van der Waals surface area contributed by atoms with Gasteiger partial charge in [-0.15, -0.1) is 6.58 Å². The third kappa shape index (κ3) is 5.74. The van der Waals surface area contributed by atoms with Crippen LogP contribution in [0, 0.1) is 11.3 Å². The van der Waals surface area contributed by atoms with E-state index in [-0.39, 0.29) is 6.61 Å². The monoisotopic (exact) mass is 372 g/mol. The van der Waals surface area contributed by atoms with E-state index in [4.69, 9.17) is 14.2 Å². The molecule has 27 heavy (non-hydrogen) atoms. The maximum Gasteiger partial charge on any atom is 0.344 e. The molecule has 1 amide bonds. The Bertz CT molecular complexity index is 732. The second-order valence-electron chi connectivity index (χ2n) is 6.38. The number of benzene rings is 1. The topological polar surface area (TPSA) is 97.6 Å². The summed E-state index contributed by atoms with van der Waals surface area (Å²) in [5.74, 6) is -0.267. The average Bonchev–Trinajstić information content (AvgIpc) is 3.14. The predicted molar refractivity (Wildman–Crippen MR) is 98.3 cm³/mol. The minimum absolute atomic E-state index is 0.353. The van der Waals surface area contributed by atoms with Gasteiger partial charge < -0.3 is 19.5 Å². The van der Waals surface area contributed by atoms with Gasteiger partial charge >= 0.3 is 5.97 Å². The van der Waals surface area contributed by atoms with Crippen molar-refractivity contribution in [1.82, 2.24) is 5.32 Å². The largest absolute Gasteiger partial charge is 0.493 e. The molecule has 0 aliphatic heterocycles. The summed E-state index contributed by atoms with van der Waals surface area (Å²) in [6, 6.07) is 7.51. The third-order valence-corrected chi connectivity index (χ3v) is 4.37. The van der Waals surface area contributed by atoms with Crippen molar-refractivity contribution in [2.45, 2.75) is 37.6 Å². The van der Waals surface area contributed by atoms with Crippen LogP contribution >= 0.6 is 0 Å². The quantitative estimate of drug-likeness (QED) is 0.528. The summed E-state index contributed by atoms with van der Waals surface area (Å²) in [5, 5.41) is 11.9. The zero-order valence-corrected chi connectivity index (χ0v) is 15.5. The number of esters is 1. The minimum Gasteiger partial charge on any atom is -0.493 e. The predicted octanol–water partition coefficient (Wildman–Crippen LogP) is 2.30. The van der Waals surface area contributed by atoms with Crippen LogP contribution in [0.15, 0.2) is 30.9 Å². The number of nitriles is 1. The van der Waals surface area contributed by atoms with Crippen LogP contribution < -0.4 is 14.8 Å². The number of nitrogens with zero attached hydrogens (tertiary/aromatic N) is 1. The van der Waals surface area contributed by atoms with Crippen molar-refractivity contribution >= 4 is 11.9 Å². The zero-order chi connectivity index (χ0) is 19.7. The third-order valence-electron chi connectivity index (χ3n) is 4.37. The first-order chi connectivity index (χ1) is 13.0. The number of hydrogen-bond acceptors (Lipinski definition) is 6. The van der Waals surface area contributed by atoms with Gasteiger partial charge in [-0.3, -0.25) is 4.79 Å². The van der Waals surface area contributed by atoms with Gasteiger partial charge in [0.2, 0.25) is 0 Å². The van der Waals surface area contributed by atoms with Crippen molar-refractivity contribution in [2.75, 3.05) is 20.3 Å². The molecule has 0 radical (unpaired) electrons. The van der Waals surface area contributed by atoms with Crippen molar-refractivity contribution in [3.05, 3.63) is 36.4 Å². The van der Waals surface area contributed by atoms with Crippen LogP contribution in [0.3, 0.4) is 0 Å². The second-order valence-corrected chi connectivity index (χ2v) is 6.38. The fourth-order valence-corrected chi connectivity index (χ4v) is 3.00. The molecule has 0 unspecified atom stereocenters. The van der Waals surface area contributed by atoms with E-state index < -0.39 is 24.0 Å². The highest BCUT2D eigenvalue weighted by molar-refractivity contribution is 5.81. The van der Waals surface area contributed by atoms with E-state index >= 15 is 0 Å². The molecule has 1 aromatic carbocycles. The van der Waals surface area contributed by atoms with Crippen LogP contribution in [-0.2, 0) is 20.7 Å². The van der Waals surface area contributed by atoms with E-state index in [0.29, 0.717) is 30.8 Å². The summed E-state index contributed by atoms with van der Waals surface area (Å²) in [6.07, 6.45) is 5.50. The summed E-state index contributed by atoms with van der Waals surface area (Å²) in [4.78, 5) is 23.8. The summed E-state index contributed by atoms with van der Waals surface area (Å²) in [5.41, 5.74) is 0.173. The van der Waals surface area contributed by atoms with E-state index in [1.54, 1.807) is 18.2 Å². The molecule has 1 aliphatic rings. The van der Waals surface area contributed by atoms with Gasteiger partial charge in [0.15, 0.2) is 24.7 Å². The first-order valence-electron chi connectivity index (χ1n) is 8.80. The highest BCUT2D eigenvalue weighted by Gasteiger charge is 2.35. The molecular formula is C20H24N2O5. The lowest BCUT2D eigenvalue weighted by Crippen LogP contribution is -2.46. The van der Waals surface area contributed by atoms with Crippen molar-refractivity contribution in [1.29, 1.82) is 5.26 Å². The van der Waals surface area contributed by atoms with Crippen molar-refractivity contribution in [3.63, 3.8) is 0 Å². The first-order valence-corrected chi connectivity index (χ1v) is 8.80. The Labute approximate surface area is 158 Å². The molecule has 2 rings (SSSR count). The van der Waals surface area contributed by atoms with E-state index in [2.05, 4.69) is 18.0 Å². The molecule has 1 saturated carbocycles. The van der Waals surface area contributed by atoms with Crippen LogP contribution in [0.4, 0.5) is 0 Å². The van der Waals surface area contributed by atoms with Gasteiger partial charge in [0, 0.05) is 0 Å². The second kappa shape index (κ2) is 9.62. The lowest BCUT2D eigenvalue weighted by atomic mass is 10.00. The molecule has 1 aliphatic carbocycles. The Morgan fingerprint density at radius 2 is 2.04 bits per heavy atom. The van der Waals surface area contributed by atoms with Gasteiger partial charge in [-0.05, 0) is 49.8 Å². The molecule has 7 heteroatoms. The van der Waals surface area contributed by atoms with Gasteiger partial charge in [-0.1, -0.05) is 12.1 Å². The van der Waals surface area contributed by atoms with Crippen LogP contribution in [0.2, 0.25) is 0 Å². The molecule has 0 aromatic heterocycles. The van der Waals surface area contributed by atoms with Gasteiger partial charge in [-0.25, -0.2) is 4.79 Å². The summed E-state index contributed by atoms with van der Waals surface area (Å²) in [6.45, 7) is 2.89. The highest BCUT2D eigenvalue weighted by Crippen LogP contribution is 2.29. The molecule has 0 spiro atoms. The van der Waals surface area contributed by atoms with E-state index in [1.807, 2.05) is 6.07 Å². The number of rotatable bonds is 9. The molecule has 1 aromatic rings. The Kier molecular flexibility index (Phi) is 7.24. The normalized spacial score (nSPS) is 14.7. The molecule has 144 valence electrons. The summed E-state index contributed by atoms with van der Waals surface area (Å²) < 4.78 is 15.6. The van der Waals surface area contributed by atoms with E-state index in [1.165, 1.54) is 7.11 Å². The van der Waals surface area contributed by atoms with Crippen molar-refractivity contribution in [3.8, 4) is 17.6 Å². The number of nitrogens with one attached hydrogen (secondary N) is 1. The lowest BCUT2D eigenvalue weighted by molar-refractivity contribution is -0.150. The van der Waals surface area contributed by atoms with Gasteiger partial charge in [-0.2, -0.15) is 5.26 Å². The average molecular weight is 372 g/mol. The molecule has 0 heterocycles. The Morgan fingerprint density at radius 3 is 2.67 bits per heavy atom. The van der Waals surface area contributed by atoms with Gasteiger partial charge in [0.25, 0.3) is 5.91 Å². The first kappa shape index (κ1) is 20.3. The fraction of sp³-hybridized carbons (Fsp3) is 0.450. The summed E-state index contributed by atoms with van der Waals surface area (Å²) in [7, 11) is 1.51. The van der Waals surface area contributed by atoms with Crippen LogP contribution in [0.1, 0.15) is 31.2 Å². The lowest BCUT2D eigenvalue weighted by Gasteiger charge is -2.21. The van der Waals surface area contributed by atoms with E-state index in [0.717, 1.165) is 18.4 Å². The maximum atomic E-state index is 11.9. The highest BCUT2D eigenvalue weighted by atomic mass is 16.6. The summed E-state index contributed by atoms with van der Waals surface area (Å²) >= 11 is 0. The van der Waals surface area contributed by atoms with Crippen molar-refractivity contribution < 1.29 is 23.8 Å². The Hall–Kier alpha value is -3.01. The molecule has 1 fully saturated rings. The number of hydrogen-bond donors (Lipinski definition) is 1. The number of carbonyl (C=O) groups excluding carboxylic acids is 2. The molecular weight excluding hydrogens is 348 g/mol. The molecule has 0 bridgehead atoms. The number of ether oxygens (including phenoxy) is 3. The van der Waals surface area contributed by atoms with E-state index in [9.17, 15) is 14.9 Å². The zero-order valence-electron chi connectivity index (χ0n) is 15.5. The number of methoxy groups -OCH3 is 1. The van der Waals surface area contributed by atoms with Gasteiger partial charge in [0.1, 0.15) is 5.54 Å². The van der Waals surface area contributed by atoms with Crippen LogP contribution in [0.5, 0.6) is 11.5 Å². The van der Waals surface area contributed by atoms with Gasteiger partial charge in [0.05, 0.1) is 13.2 Å². The standard InChI is InChI=1S/C20H24N2O5/c1-3-6-15-7-8-16(17(11-15)25-2)26-13-19(24)27-12-18(23)22-20(14-21)9-4-5-10-20/h3,7-8,11H,1,4-6,9-10,12-13H2,2H3,(H,22,23). The molecule has 0 atom stereocenters. The molecule has 7 nitrogen and oxygen atoms in total. The number of carbonyl (C=O) groups is 2. The Balaban J connectivity index is 1.80. The SMILES string of the molecule is C=CCc1ccc(OCC(=O)OCC(=O)NC2(C#N)CCCC2)c(OC)c1. The number of allylic oxidation sites excluding steroid dienone is 1. The van der Waals surface area contributed by atoms with Crippen LogP contribution in [0.25, 0.3) is 0 Å².